The molecule has 1 heterocycles. The van der Waals surface area contributed by atoms with Crippen molar-refractivity contribution in [2.75, 3.05) is 0 Å². The van der Waals surface area contributed by atoms with E-state index in [2.05, 4.69) is 65.8 Å². The van der Waals surface area contributed by atoms with Crippen LogP contribution in [0.25, 0.3) is 0 Å². The standard InChI is InChI=1S/C27H44O2/c1-22(14-9-16-24(3)18-11-21-28)12-7-8-13-23(2)15-10-17-25(4)19-20-26-27(5,6)29-26/h12-13,16-17,21,26H,7-11,14-15,18-20H2,1-6H3/b22-12+,23-13+,24-16+,25-17+. The zero-order valence-corrected chi connectivity index (χ0v) is 19.9. The van der Waals surface area contributed by atoms with Crippen molar-refractivity contribution in [1.29, 1.82) is 0 Å². The van der Waals surface area contributed by atoms with Gasteiger partial charge in [0.15, 0.2) is 0 Å². The maximum absolute atomic E-state index is 10.4. The van der Waals surface area contributed by atoms with Crippen molar-refractivity contribution in [3.63, 3.8) is 0 Å². The van der Waals surface area contributed by atoms with Gasteiger partial charge in [-0.2, -0.15) is 0 Å². The van der Waals surface area contributed by atoms with Crippen LogP contribution >= 0.6 is 0 Å². The highest BCUT2D eigenvalue weighted by Crippen LogP contribution is 2.38. The summed E-state index contributed by atoms with van der Waals surface area (Å²) in [4.78, 5) is 10.4. The monoisotopic (exact) mass is 400 g/mol. The second-order valence-electron chi connectivity index (χ2n) is 9.31. The van der Waals surface area contributed by atoms with E-state index in [4.69, 9.17) is 4.74 Å². The zero-order valence-electron chi connectivity index (χ0n) is 19.9. The van der Waals surface area contributed by atoms with Crippen LogP contribution in [0.15, 0.2) is 46.6 Å². The van der Waals surface area contributed by atoms with Gasteiger partial charge < -0.3 is 9.53 Å². The lowest BCUT2D eigenvalue weighted by Crippen LogP contribution is -2.02. The molecule has 1 aliphatic heterocycles. The number of unbranched alkanes of at least 4 members (excludes halogenated alkanes) is 1. The predicted molar refractivity (Wildman–Crippen MR) is 126 cm³/mol. The Balaban J connectivity index is 2.15. The first-order valence-corrected chi connectivity index (χ1v) is 11.5. The fraction of sp³-hybridized carbons (Fsp3) is 0.667. The summed E-state index contributed by atoms with van der Waals surface area (Å²) in [6, 6.07) is 0. The summed E-state index contributed by atoms with van der Waals surface area (Å²) in [5.41, 5.74) is 5.92. The third-order valence-electron chi connectivity index (χ3n) is 5.84. The number of ether oxygens (including phenoxy) is 1. The Morgan fingerprint density at radius 2 is 1.07 bits per heavy atom. The molecule has 0 radical (unpaired) electrons. The van der Waals surface area contributed by atoms with Crippen LogP contribution in [0, 0.1) is 0 Å². The molecule has 0 saturated carbocycles. The first-order valence-electron chi connectivity index (χ1n) is 11.5. The van der Waals surface area contributed by atoms with Gasteiger partial charge in [0, 0.05) is 6.42 Å². The number of carbonyl (C=O) groups excluding carboxylic acids is 1. The van der Waals surface area contributed by atoms with E-state index in [0.717, 1.165) is 64.1 Å². The molecule has 2 heteroatoms. The lowest BCUT2D eigenvalue weighted by atomic mass is 10.0. The molecule has 0 bridgehead atoms. The number of hydrogen-bond donors (Lipinski definition) is 0. The third kappa shape index (κ3) is 12.7. The average molecular weight is 401 g/mol. The van der Waals surface area contributed by atoms with Crippen LogP contribution in [0.1, 0.15) is 106 Å². The van der Waals surface area contributed by atoms with E-state index in [9.17, 15) is 4.79 Å². The van der Waals surface area contributed by atoms with Crippen molar-refractivity contribution in [3.05, 3.63) is 46.6 Å². The van der Waals surface area contributed by atoms with Gasteiger partial charge in [0.1, 0.15) is 6.29 Å². The normalized spacial score (nSPS) is 20.1. The van der Waals surface area contributed by atoms with E-state index < -0.39 is 0 Å². The van der Waals surface area contributed by atoms with Crippen molar-refractivity contribution in [2.24, 2.45) is 0 Å². The summed E-state index contributed by atoms with van der Waals surface area (Å²) >= 11 is 0. The van der Waals surface area contributed by atoms with Gasteiger partial charge in [0.2, 0.25) is 0 Å². The van der Waals surface area contributed by atoms with Crippen LogP contribution in [-0.2, 0) is 9.53 Å². The molecule has 1 saturated heterocycles. The van der Waals surface area contributed by atoms with Crippen molar-refractivity contribution in [3.8, 4) is 0 Å². The van der Waals surface area contributed by atoms with Crippen molar-refractivity contribution in [1.82, 2.24) is 0 Å². The molecule has 0 aromatic heterocycles. The molecule has 1 unspecified atom stereocenters. The van der Waals surface area contributed by atoms with Gasteiger partial charge in [-0.1, -0.05) is 46.6 Å². The van der Waals surface area contributed by atoms with Crippen LogP contribution in [0.4, 0.5) is 0 Å². The largest absolute Gasteiger partial charge is 0.367 e. The molecule has 0 spiro atoms. The average Bonchev–Trinajstić information content (AvgIpc) is 3.28. The zero-order chi connectivity index (χ0) is 21.7. The fourth-order valence-electron chi connectivity index (χ4n) is 3.54. The fourth-order valence-corrected chi connectivity index (χ4v) is 3.54. The minimum Gasteiger partial charge on any atom is -0.367 e. The number of rotatable bonds is 15. The smallest absolute Gasteiger partial charge is 0.120 e. The molecule has 2 nitrogen and oxygen atoms in total. The first kappa shape index (κ1) is 25.6. The number of aldehydes is 1. The van der Waals surface area contributed by atoms with Crippen molar-refractivity contribution >= 4 is 6.29 Å². The second-order valence-corrected chi connectivity index (χ2v) is 9.31. The van der Waals surface area contributed by atoms with E-state index in [1.54, 1.807) is 0 Å². The minimum atomic E-state index is 0.124. The van der Waals surface area contributed by atoms with Gasteiger partial charge in [-0.3, -0.25) is 0 Å². The number of epoxide rings is 1. The first-order chi connectivity index (χ1) is 13.7. The molecule has 1 rings (SSSR count). The Kier molecular flexibility index (Phi) is 12.1. The highest BCUT2D eigenvalue weighted by molar-refractivity contribution is 5.49. The lowest BCUT2D eigenvalue weighted by Gasteiger charge is -2.03. The molecular formula is C27H44O2. The van der Waals surface area contributed by atoms with Crippen LogP contribution < -0.4 is 0 Å². The van der Waals surface area contributed by atoms with Gasteiger partial charge in [0.25, 0.3) is 0 Å². The molecule has 0 aromatic carbocycles. The maximum atomic E-state index is 10.4. The van der Waals surface area contributed by atoms with Gasteiger partial charge in [0.05, 0.1) is 11.7 Å². The highest BCUT2D eigenvalue weighted by Gasteiger charge is 2.46. The second kappa shape index (κ2) is 13.7. The van der Waals surface area contributed by atoms with E-state index in [-0.39, 0.29) is 5.60 Å². The summed E-state index contributed by atoms with van der Waals surface area (Å²) in [6.45, 7) is 13.2. The molecule has 0 amide bonds. The summed E-state index contributed by atoms with van der Waals surface area (Å²) in [5.74, 6) is 0. The quantitative estimate of drug-likeness (QED) is 0.120. The van der Waals surface area contributed by atoms with Crippen molar-refractivity contribution in [2.45, 2.75) is 117 Å². The summed E-state index contributed by atoms with van der Waals surface area (Å²) < 4.78 is 5.66. The third-order valence-corrected chi connectivity index (χ3v) is 5.84. The Morgan fingerprint density at radius 1 is 0.690 bits per heavy atom. The molecule has 164 valence electrons. The molecule has 0 N–H and O–H groups in total. The van der Waals surface area contributed by atoms with E-state index in [1.165, 1.54) is 22.3 Å². The molecule has 1 fully saturated rings. The molecule has 0 aliphatic carbocycles. The number of hydrogen-bond acceptors (Lipinski definition) is 2. The van der Waals surface area contributed by atoms with E-state index in [0.29, 0.717) is 12.5 Å². The molecule has 29 heavy (non-hydrogen) atoms. The van der Waals surface area contributed by atoms with Crippen LogP contribution in [0.3, 0.4) is 0 Å². The molecule has 0 aromatic rings. The minimum absolute atomic E-state index is 0.124. The van der Waals surface area contributed by atoms with Gasteiger partial charge in [-0.05, 0) is 99.3 Å². The maximum Gasteiger partial charge on any atom is 0.120 e. The topological polar surface area (TPSA) is 29.6 Å². The molecule has 1 atom stereocenters. The van der Waals surface area contributed by atoms with Crippen molar-refractivity contribution < 1.29 is 9.53 Å². The predicted octanol–water partition coefficient (Wildman–Crippen LogP) is 8.05. The molecular weight excluding hydrogens is 356 g/mol. The lowest BCUT2D eigenvalue weighted by molar-refractivity contribution is -0.107. The number of allylic oxidation sites excluding steroid dienone is 8. The Labute approximate surface area is 180 Å². The Hall–Kier alpha value is -1.41. The summed E-state index contributed by atoms with van der Waals surface area (Å²) in [7, 11) is 0. The van der Waals surface area contributed by atoms with E-state index >= 15 is 0 Å². The Bertz CT molecular complexity index is 616. The van der Waals surface area contributed by atoms with Crippen LogP contribution in [0.2, 0.25) is 0 Å². The molecule has 1 aliphatic rings. The van der Waals surface area contributed by atoms with Crippen LogP contribution in [-0.4, -0.2) is 18.0 Å². The summed E-state index contributed by atoms with van der Waals surface area (Å²) in [6.07, 6.45) is 21.6. The van der Waals surface area contributed by atoms with E-state index in [1.807, 2.05) is 0 Å². The Morgan fingerprint density at radius 3 is 1.48 bits per heavy atom. The van der Waals surface area contributed by atoms with Crippen LogP contribution in [0.5, 0.6) is 0 Å². The summed E-state index contributed by atoms with van der Waals surface area (Å²) in [5, 5.41) is 0. The highest BCUT2D eigenvalue weighted by atomic mass is 16.6. The SMILES string of the molecule is C/C(=C\CC/C(C)=C/CC/C=C(\C)CC/C=C(\C)CCC1OC1(C)C)CCC=O. The van der Waals surface area contributed by atoms with Gasteiger partial charge in [-0.15, -0.1) is 0 Å². The number of carbonyl (C=O) groups is 1. The van der Waals surface area contributed by atoms with Gasteiger partial charge >= 0.3 is 0 Å². The van der Waals surface area contributed by atoms with Gasteiger partial charge in [-0.25, -0.2) is 0 Å².